The van der Waals surface area contributed by atoms with Gasteiger partial charge in [0.05, 0.1) is 0 Å². The summed E-state index contributed by atoms with van der Waals surface area (Å²) in [6.45, 7) is -1.30. The Morgan fingerprint density at radius 3 is 1.34 bits per heavy atom. The van der Waals surface area contributed by atoms with Crippen LogP contribution >= 0.6 is 0 Å². The number of fused-ring (bicyclic) bond motifs is 3. The largest absolute Gasteiger partial charge is 0.432 e. The molecule has 0 radical (unpaired) electrons. The molecule has 144 valence electrons. The maximum Gasteiger partial charge on any atom is 0.358 e. The maximum absolute atomic E-state index is 9.51. The van der Waals surface area contributed by atoms with Gasteiger partial charge in [-0.25, -0.2) is 0 Å². The highest BCUT2D eigenvalue weighted by Crippen LogP contribution is 2.35. The lowest BCUT2D eigenvalue weighted by molar-refractivity contribution is -0.160. The molecule has 0 heterocycles. The molecular formula is C26H22O3. The van der Waals surface area contributed by atoms with Crippen LogP contribution in [0.3, 0.4) is 0 Å². The van der Waals surface area contributed by atoms with Gasteiger partial charge in [-0.1, -0.05) is 84.9 Å². The molecule has 0 unspecified atom stereocenters. The van der Waals surface area contributed by atoms with Gasteiger partial charge in [0.1, 0.15) is 11.5 Å². The number of rotatable bonds is 4. The van der Waals surface area contributed by atoms with E-state index in [9.17, 15) is 5.11 Å². The fourth-order valence-electron chi connectivity index (χ4n) is 3.33. The predicted molar refractivity (Wildman–Crippen MR) is 115 cm³/mol. The topological polar surface area (TPSA) is 38.7 Å². The van der Waals surface area contributed by atoms with E-state index < -0.39 is 6.48 Å². The Hall–Kier alpha value is -3.56. The first-order valence-electron chi connectivity index (χ1n) is 9.57. The number of benzene rings is 4. The minimum atomic E-state index is -1.30. The molecule has 1 aliphatic rings. The number of hydrogen-bond donors (Lipinski definition) is 1. The maximum atomic E-state index is 9.51. The van der Waals surface area contributed by atoms with Crippen LogP contribution in [0.2, 0.25) is 0 Å². The molecule has 4 aromatic rings. The van der Waals surface area contributed by atoms with Crippen LogP contribution in [0.1, 0.15) is 11.1 Å². The van der Waals surface area contributed by atoms with E-state index in [0.29, 0.717) is 11.5 Å². The van der Waals surface area contributed by atoms with Crippen molar-refractivity contribution in [3.63, 3.8) is 0 Å². The fraction of sp³-hybridized carbons (Fsp3) is 0.0769. The summed E-state index contributed by atoms with van der Waals surface area (Å²) in [5, 5.41) is 9.51. The zero-order valence-corrected chi connectivity index (χ0v) is 15.9. The van der Waals surface area contributed by atoms with Crippen LogP contribution in [0.4, 0.5) is 0 Å². The quantitative estimate of drug-likeness (QED) is 0.407. The van der Waals surface area contributed by atoms with E-state index in [2.05, 4.69) is 48.5 Å². The summed E-state index contributed by atoms with van der Waals surface area (Å²) >= 11 is 0. The van der Waals surface area contributed by atoms with Crippen molar-refractivity contribution < 1.29 is 14.6 Å². The van der Waals surface area contributed by atoms with Crippen molar-refractivity contribution in [1.29, 1.82) is 0 Å². The van der Waals surface area contributed by atoms with Crippen molar-refractivity contribution in [2.75, 3.05) is 0 Å². The lowest BCUT2D eigenvalue weighted by atomic mass is 10.1. The van der Waals surface area contributed by atoms with E-state index in [0.717, 1.165) is 6.42 Å². The molecule has 3 nitrogen and oxygen atoms in total. The van der Waals surface area contributed by atoms with Gasteiger partial charge in [0.2, 0.25) is 0 Å². The molecule has 0 bridgehead atoms. The summed E-state index contributed by atoms with van der Waals surface area (Å²) in [5.41, 5.74) is 5.75. The van der Waals surface area contributed by atoms with Gasteiger partial charge in [-0.2, -0.15) is 0 Å². The fourth-order valence-corrected chi connectivity index (χ4v) is 3.33. The van der Waals surface area contributed by atoms with E-state index in [-0.39, 0.29) is 0 Å². The second kappa shape index (κ2) is 9.09. The molecule has 5 rings (SSSR count). The van der Waals surface area contributed by atoms with Gasteiger partial charge in [-0.05, 0) is 52.9 Å². The number of aliphatic hydroxyl groups excluding tert-OH is 1. The average molecular weight is 382 g/mol. The van der Waals surface area contributed by atoms with Crippen molar-refractivity contribution in [2.45, 2.75) is 12.9 Å². The molecule has 0 aromatic heterocycles. The summed E-state index contributed by atoms with van der Waals surface area (Å²) in [6.07, 6.45) is 1.10. The van der Waals surface area contributed by atoms with Gasteiger partial charge in [0.15, 0.2) is 0 Å². The minimum absolute atomic E-state index is 0.561. The normalized spacial score (nSPS) is 11.1. The number of ether oxygens (including phenoxy) is 2. The Balaban J connectivity index is 0.000000144. The zero-order chi connectivity index (χ0) is 19.9. The van der Waals surface area contributed by atoms with Gasteiger partial charge in [0, 0.05) is 0 Å². The highest BCUT2D eigenvalue weighted by Gasteiger charge is 2.15. The van der Waals surface area contributed by atoms with Crippen LogP contribution in [0, 0.1) is 0 Å². The van der Waals surface area contributed by atoms with Crippen LogP contribution in [0.25, 0.3) is 11.1 Å². The molecule has 0 saturated carbocycles. The predicted octanol–water partition coefficient (Wildman–Crippen LogP) is 5.68. The first-order chi connectivity index (χ1) is 14.3. The summed E-state index contributed by atoms with van der Waals surface area (Å²) in [6, 6.07) is 35.3. The standard InChI is InChI=1S/C13H12O3.C13H10/c14-13(15-11-7-3-1-4-8-11)16-12-9-5-2-6-10-12;1-3-7-12-10(5-1)9-11-6-2-4-8-13(11)12/h1-10,13-14H;1-8H,9H2. The van der Waals surface area contributed by atoms with Crippen LogP contribution < -0.4 is 9.47 Å². The van der Waals surface area contributed by atoms with Gasteiger partial charge >= 0.3 is 6.48 Å². The van der Waals surface area contributed by atoms with Crippen molar-refractivity contribution in [2.24, 2.45) is 0 Å². The average Bonchev–Trinajstić information content (AvgIpc) is 3.14. The Kier molecular flexibility index (Phi) is 5.89. The molecule has 3 heteroatoms. The molecule has 0 saturated heterocycles. The Morgan fingerprint density at radius 1 is 0.517 bits per heavy atom. The number of aliphatic hydroxyl groups is 1. The summed E-state index contributed by atoms with van der Waals surface area (Å²) < 4.78 is 10.3. The Labute approximate surface area is 170 Å². The second-order valence-electron chi connectivity index (χ2n) is 6.66. The molecule has 0 spiro atoms. The van der Waals surface area contributed by atoms with Crippen LogP contribution in [0.5, 0.6) is 11.5 Å². The van der Waals surface area contributed by atoms with Crippen molar-refractivity contribution >= 4 is 0 Å². The molecule has 1 N–H and O–H groups in total. The lowest BCUT2D eigenvalue weighted by Gasteiger charge is -2.14. The molecule has 0 fully saturated rings. The molecule has 0 aliphatic heterocycles. The summed E-state index contributed by atoms with van der Waals surface area (Å²) in [4.78, 5) is 0. The van der Waals surface area contributed by atoms with Crippen LogP contribution in [0.15, 0.2) is 109 Å². The Bertz CT molecular complexity index is 961. The summed E-state index contributed by atoms with van der Waals surface area (Å²) in [7, 11) is 0. The van der Waals surface area contributed by atoms with E-state index in [4.69, 9.17) is 9.47 Å². The number of para-hydroxylation sites is 2. The van der Waals surface area contributed by atoms with E-state index >= 15 is 0 Å². The van der Waals surface area contributed by atoms with E-state index in [1.807, 2.05) is 36.4 Å². The van der Waals surface area contributed by atoms with Crippen molar-refractivity contribution in [3.05, 3.63) is 120 Å². The van der Waals surface area contributed by atoms with Gasteiger partial charge in [0.25, 0.3) is 0 Å². The lowest BCUT2D eigenvalue weighted by Crippen LogP contribution is -2.22. The molecule has 29 heavy (non-hydrogen) atoms. The smallest absolute Gasteiger partial charge is 0.358 e. The van der Waals surface area contributed by atoms with Gasteiger partial charge in [-0.3, -0.25) is 0 Å². The Morgan fingerprint density at radius 2 is 0.897 bits per heavy atom. The number of hydrogen-bond acceptors (Lipinski definition) is 3. The third-order valence-corrected chi connectivity index (χ3v) is 4.67. The van der Waals surface area contributed by atoms with Gasteiger partial charge < -0.3 is 14.6 Å². The van der Waals surface area contributed by atoms with Crippen molar-refractivity contribution in [3.8, 4) is 22.6 Å². The summed E-state index contributed by atoms with van der Waals surface area (Å²) in [5.74, 6) is 1.12. The van der Waals surface area contributed by atoms with E-state index in [1.165, 1.54) is 22.3 Å². The van der Waals surface area contributed by atoms with E-state index in [1.54, 1.807) is 24.3 Å². The third kappa shape index (κ3) is 4.84. The van der Waals surface area contributed by atoms with Crippen molar-refractivity contribution in [1.82, 2.24) is 0 Å². The minimum Gasteiger partial charge on any atom is -0.432 e. The zero-order valence-electron chi connectivity index (χ0n) is 15.9. The molecule has 0 atom stereocenters. The SMILES string of the molecule is OC(Oc1ccccc1)Oc1ccccc1.c1ccc2c(c1)Cc1ccccc1-2. The highest BCUT2D eigenvalue weighted by molar-refractivity contribution is 5.76. The third-order valence-electron chi connectivity index (χ3n) is 4.67. The van der Waals surface area contributed by atoms with Crippen LogP contribution in [-0.4, -0.2) is 11.6 Å². The monoisotopic (exact) mass is 382 g/mol. The first kappa shape index (κ1) is 18.8. The van der Waals surface area contributed by atoms with Crippen LogP contribution in [-0.2, 0) is 6.42 Å². The molecule has 1 aliphatic carbocycles. The second-order valence-corrected chi connectivity index (χ2v) is 6.66. The molecular weight excluding hydrogens is 360 g/mol. The highest BCUT2D eigenvalue weighted by atomic mass is 16.8. The molecule has 4 aromatic carbocycles. The van der Waals surface area contributed by atoms with Gasteiger partial charge in [-0.15, -0.1) is 0 Å². The molecule has 0 amide bonds. The first-order valence-corrected chi connectivity index (χ1v) is 9.57.